The highest BCUT2D eigenvalue weighted by Crippen LogP contribution is 2.45. The van der Waals surface area contributed by atoms with Gasteiger partial charge in [-0.15, -0.1) is 5.10 Å². The molecule has 29 heavy (non-hydrogen) atoms. The second-order valence-electron chi connectivity index (χ2n) is 7.16. The molecular weight excluding hydrogens is 370 g/mol. The zero-order valence-electron chi connectivity index (χ0n) is 15.9. The van der Waals surface area contributed by atoms with E-state index in [1.807, 2.05) is 37.4 Å². The summed E-state index contributed by atoms with van der Waals surface area (Å²) in [6.45, 7) is 1.96. The molecule has 2 aromatic carbocycles. The molecule has 5 rings (SSSR count). The zero-order chi connectivity index (χ0) is 20.3. The van der Waals surface area contributed by atoms with Crippen LogP contribution >= 0.6 is 0 Å². The number of hydrogen-bond donors (Lipinski definition) is 3. The molecule has 1 aliphatic rings. The summed E-state index contributed by atoms with van der Waals surface area (Å²) in [5, 5.41) is 30.0. The molecule has 3 N–H and O–H groups in total. The minimum atomic E-state index is -0.283. The van der Waals surface area contributed by atoms with Gasteiger partial charge in [-0.25, -0.2) is 4.57 Å². The molecule has 8 heteroatoms. The first-order chi connectivity index (χ1) is 14.0. The summed E-state index contributed by atoms with van der Waals surface area (Å²) in [6, 6.07) is 10.6. The first kappa shape index (κ1) is 17.3. The van der Waals surface area contributed by atoms with E-state index >= 15 is 0 Å². The Kier molecular flexibility index (Phi) is 3.64. The number of carbonyl (C=O) groups is 1. The van der Waals surface area contributed by atoms with Crippen LogP contribution < -0.4 is 4.90 Å². The number of aromatic amines is 1. The fourth-order valence-electron chi connectivity index (χ4n) is 4.16. The van der Waals surface area contributed by atoms with Crippen molar-refractivity contribution in [2.24, 2.45) is 0 Å². The number of benzene rings is 2. The zero-order valence-corrected chi connectivity index (χ0v) is 15.9. The van der Waals surface area contributed by atoms with Crippen LogP contribution in [0.3, 0.4) is 0 Å². The Morgan fingerprint density at radius 2 is 1.97 bits per heavy atom. The average Bonchev–Trinajstić information content (AvgIpc) is 3.39. The van der Waals surface area contributed by atoms with Crippen molar-refractivity contribution in [3.05, 3.63) is 48.2 Å². The highest BCUT2D eigenvalue weighted by molar-refractivity contribution is 6.05. The van der Waals surface area contributed by atoms with E-state index in [2.05, 4.69) is 15.2 Å². The normalized spacial score (nSPS) is 16.0. The van der Waals surface area contributed by atoms with Crippen molar-refractivity contribution in [3.63, 3.8) is 0 Å². The van der Waals surface area contributed by atoms with Gasteiger partial charge in [0.2, 0.25) is 5.91 Å². The summed E-state index contributed by atoms with van der Waals surface area (Å²) in [4.78, 5) is 17.2. The third kappa shape index (κ3) is 2.35. The lowest BCUT2D eigenvalue weighted by Crippen LogP contribution is -2.23. The van der Waals surface area contributed by atoms with E-state index in [4.69, 9.17) is 0 Å². The van der Waals surface area contributed by atoms with Crippen molar-refractivity contribution in [3.8, 4) is 28.8 Å². The van der Waals surface area contributed by atoms with Crippen LogP contribution in [-0.4, -0.2) is 42.9 Å². The summed E-state index contributed by atoms with van der Waals surface area (Å²) in [5.41, 5.74) is 3.51. The lowest BCUT2D eigenvalue weighted by Gasteiger charge is -2.13. The number of nitrogens with zero attached hydrogens (tertiary/aromatic N) is 4. The predicted molar refractivity (Wildman–Crippen MR) is 108 cm³/mol. The van der Waals surface area contributed by atoms with Crippen molar-refractivity contribution in [1.29, 1.82) is 0 Å². The number of aromatic hydroxyl groups is 2. The van der Waals surface area contributed by atoms with Crippen LogP contribution in [0.2, 0.25) is 0 Å². The molecule has 1 unspecified atom stereocenters. The molecule has 3 heterocycles. The summed E-state index contributed by atoms with van der Waals surface area (Å²) >= 11 is 0. The number of nitrogens with one attached hydrogen (secondary N) is 1. The fourth-order valence-corrected chi connectivity index (χ4v) is 4.16. The van der Waals surface area contributed by atoms with Crippen LogP contribution in [0.25, 0.3) is 28.0 Å². The molecule has 4 aromatic rings. The smallest absolute Gasteiger partial charge is 0.319 e. The third-order valence-corrected chi connectivity index (χ3v) is 5.62. The number of fused-ring (bicyclic) bond motifs is 2. The molecule has 0 fully saturated rings. The number of likely N-dealkylation sites (N-methyl/N-ethyl adjacent to an activating group) is 1. The van der Waals surface area contributed by atoms with Crippen LogP contribution in [-0.2, 0) is 4.79 Å². The Morgan fingerprint density at radius 3 is 2.76 bits per heavy atom. The molecule has 8 nitrogen and oxygen atoms in total. The van der Waals surface area contributed by atoms with Crippen molar-refractivity contribution < 1.29 is 15.0 Å². The van der Waals surface area contributed by atoms with E-state index in [-0.39, 0.29) is 23.6 Å². The number of amides is 1. The first-order valence-electron chi connectivity index (χ1n) is 9.37. The Hall–Kier alpha value is -3.81. The highest BCUT2D eigenvalue weighted by atomic mass is 16.3. The molecule has 0 spiro atoms. The molecule has 1 aliphatic heterocycles. The number of H-pyrrole nitrogens is 1. The van der Waals surface area contributed by atoms with Crippen molar-refractivity contribution in [2.45, 2.75) is 19.3 Å². The van der Waals surface area contributed by atoms with Gasteiger partial charge in [0.1, 0.15) is 5.75 Å². The maximum atomic E-state index is 12.5. The number of hydrogen-bond acceptors (Lipinski definition) is 5. The van der Waals surface area contributed by atoms with Crippen LogP contribution in [0, 0.1) is 0 Å². The molecule has 0 saturated heterocycles. The molecular formula is C21H19N5O3. The highest BCUT2D eigenvalue weighted by Gasteiger charge is 2.35. The summed E-state index contributed by atoms with van der Waals surface area (Å²) in [6.07, 6.45) is 2.47. The van der Waals surface area contributed by atoms with Crippen LogP contribution in [0.4, 0.5) is 5.69 Å². The van der Waals surface area contributed by atoms with Gasteiger partial charge in [-0.05, 0) is 36.2 Å². The number of carbonyl (C=O) groups excluding carboxylic acids is 1. The second-order valence-corrected chi connectivity index (χ2v) is 7.16. The van der Waals surface area contributed by atoms with Gasteiger partial charge in [0.15, 0.2) is 5.82 Å². The predicted octanol–water partition coefficient (Wildman–Crippen LogP) is 3.30. The Morgan fingerprint density at radius 1 is 1.14 bits per heavy atom. The summed E-state index contributed by atoms with van der Waals surface area (Å²) in [7, 11) is 1.71. The lowest BCUT2D eigenvalue weighted by atomic mass is 9.95. The van der Waals surface area contributed by atoms with E-state index in [1.54, 1.807) is 24.1 Å². The number of rotatable bonds is 3. The van der Waals surface area contributed by atoms with Gasteiger partial charge in [0.25, 0.3) is 0 Å². The fraction of sp³-hybridized carbons (Fsp3) is 0.190. The first-order valence-corrected chi connectivity index (χ1v) is 9.37. The van der Waals surface area contributed by atoms with Gasteiger partial charge < -0.3 is 20.1 Å². The van der Waals surface area contributed by atoms with E-state index in [0.717, 1.165) is 16.5 Å². The average molecular weight is 389 g/mol. The van der Waals surface area contributed by atoms with Crippen LogP contribution in [0.5, 0.6) is 11.8 Å². The summed E-state index contributed by atoms with van der Waals surface area (Å²) < 4.78 is 1.50. The molecule has 146 valence electrons. The third-order valence-electron chi connectivity index (χ3n) is 5.62. The quantitative estimate of drug-likeness (QED) is 0.498. The second kappa shape index (κ2) is 6.10. The van der Waals surface area contributed by atoms with E-state index < -0.39 is 0 Å². The summed E-state index contributed by atoms with van der Waals surface area (Å²) in [5.74, 6) is -0.00344. The molecule has 1 atom stereocenters. The van der Waals surface area contributed by atoms with Gasteiger partial charge in [-0.2, -0.15) is 0 Å². The van der Waals surface area contributed by atoms with Gasteiger partial charge in [0, 0.05) is 30.2 Å². The van der Waals surface area contributed by atoms with Gasteiger partial charge in [-0.1, -0.05) is 18.1 Å². The van der Waals surface area contributed by atoms with Crippen molar-refractivity contribution in [2.75, 3.05) is 11.9 Å². The monoisotopic (exact) mass is 389 g/mol. The minimum Gasteiger partial charge on any atom is -0.507 e. The largest absolute Gasteiger partial charge is 0.507 e. The lowest BCUT2D eigenvalue weighted by molar-refractivity contribution is -0.119. The minimum absolute atomic E-state index is 0.000421. The molecule has 0 aliphatic carbocycles. The Balaban J connectivity index is 1.75. The molecule has 1 amide bonds. The van der Waals surface area contributed by atoms with Crippen molar-refractivity contribution in [1.82, 2.24) is 19.7 Å². The van der Waals surface area contributed by atoms with E-state index in [9.17, 15) is 15.0 Å². The maximum absolute atomic E-state index is 12.5. The molecule has 0 bridgehead atoms. The van der Waals surface area contributed by atoms with Gasteiger partial charge in [-0.3, -0.25) is 4.79 Å². The molecule has 0 saturated carbocycles. The molecule has 2 aromatic heterocycles. The number of aromatic nitrogens is 4. The molecule has 0 radical (unpaired) electrons. The number of anilines is 1. The topological polar surface area (TPSA) is 107 Å². The van der Waals surface area contributed by atoms with E-state index in [1.165, 1.54) is 4.57 Å². The number of phenolic OH excluding ortho intramolecular Hbond substituents is 1. The Bertz CT molecular complexity index is 1270. The van der Waals surface area contributed by atoms with Gasteiger partial charge >= 0.3 is 6.01 Å². The van der Waals surface area contributed by atoms with E-state index in [0.29, 0.717) is 29.2 Å². The van der Waals surface area contributed by atoms with Crippen molar-refractivity contribution >= 4 is 22.5 Å². The van der Waals surface area contributed by atoms with Gasteiger partial charge in [0.05, 0.1) is 22.9 Å². The standard InChI is InChI=1S/C21H19N5O3/c1-3-11-13-9-14(18(27)10-17(13)25(2)20(11)28)19-23-24-21(29)26(19)16-6-4-5-15-12(16)7-8-22-15/h4-11,22,27H,3H2,1-2H3,(H,24,29). The Labute approximate surface area is 166 Å². The maximum Gasteiger partial charge on any atom is 0.319 e. The van der Waals surface area contributed by atoms with Crippen LogP contribution in [0.15, 0.2) is 42.6 Å². The number of phenols is 1. The SMILES string of the molecule is CCC1C(=O)N(C)c2cc(O)c(-c3nnc(O)n3-c3cccc4[nH]ccc34)cc21. The van der Waals surface area contributed by atoms with Crippen LogP contribution in [0.1, 0.15) is 24.8 Å².